The van der Waals surface area contributed by atoms with Gasteiger partial charge in [0.15, 0.2) is 0 Å². The number of aliphatic hydroxyl groups excluding tert-OH is 1. The molecule has 0 aromatic carbocycles. The van der Waals surface area contributed by atoms with Crippen LogP contribution in [0.25, 0.3) is 0 Å². The van der Waals surface area contributed by atoms with Gasteiger partial charge in [-0.05, 0) is 12.8 Å². The smallest absolute Gasteiger partial charge is 0.135 e. The minimum Gasteiger partial charge on any atom is -0.393 e. The van der Waals surface area contributed by atoms with E-state index in [4.69, 9.17) is 5.11 Å². The quantitative estimate of drug-likeness (QED) is 0.492. The molecule has 1 N–H and O–H groups in total. The van der Waals surface area contributed by atoms with Crippen molar-refractivity contribution >= 4 is 5.78 Å². The standard InChI is InChI=1S/C7H12O2/c8-6-3-1-2-4-7(9)5-6/h6,8H,1-5H2/t6-/m0/s1. The first-order valence-corrected chi connectivity index (χ1v) is 3.49. The average Bonchev–Trinajstić information content (AvgIpc) is 1.93. The Hall–Kier alpha value is -0.370. The molecule has 0 heterocycles. The molecule has 0 aliphatic heterocycles. The maximum absolute atomic E-state index is 10.7. The van der Waals surface area contributed by atoms with Gasteiger partial charge < -0.3 is 5.11 Å². The number of Topliss-reactive ketones (excluding diaryl/α,β-unsaturated/α-hetero) is 1. The third-order valence-electron chi connectivity index (χ3n) is 1.71. The number of rotatable bonds is 0. The second kappa shape index (κ2) is 2.97. The molecule has 52 valence electrons. The molecule has 2 nitrogen and oxygen atoms in total. The van der Waals surface area contributed by atoms with E-state index in [1.807, 2.05) is 0 Å². The van der Waals surface area contributed by atoms with Gasteiger partial charge in [0.1, 0.15) is 5.78 Å². The van der Waals surface area contributed by atoms with E-state index < -0.39 is 0 Å². The normalized spacial score (nSPS) is 29.9. The van der Waals surface area contributed by atoms with Crippen LogP contribution in [0, 0.1) is 0 Å². The number of hydrogen-bond acceptors (Lipinski definition) is 2. The number of carbonyl (C=O) groups is 1. The number of hydrogen-bond donors (Lipinski definition) is 1. The summed E-state index contributed by atoms with van der Waals surface area (Å²) < 4.78 is 0. The van der Waals surface area contributed by atoms with Crippen LogP contribution in [-0.4, -0.2) is 17.0 Å². The molecule has 0 unspecified atom stereocenters. The third-order valence-corrected chi connectivity index (χ3v) is 1.71. The second-order valence-electron chi connectivity index (χ2n) is 2.64. The molecular weight excluding hydrogens is 116 g/mol. The van der Waals surface area contributed by atoms with Crippen molar-refractivity contribution in [1.82, 2.24) is 0 Å². The topological polar surface area (TPSA) is 37.3 Å². The van der Waals surface area contributed by atoms with E-state index >= 15 is 0 Å². The summed E-state index contributed by atoms with van der Waals surface area (Å²) in [6.45, 7) is 0. The van der Waals surface area contributed by atoms with Crippen molar-refractivity contribution < 1.29 is 9.90 Å². The zero-order valence-corrected chi connectivity index (χ0v) is 5.47. The first kappa shape index (κ1) is 6.75. The SMILES string of the molecule is O=C1CCCC[C@H](O)C1. The zero-order chi connectivity index (χ0) is 6.69. The molecule has 1 atom stereocenters. The largest absolute Gasteiger partial charge is 0.393 e. The van der Waals surface area contributed by atoms with Crippen LogP contribution >= 0.6 is 0 Å². The Balaban J connectivity index is 2.37. The lowest BCUT2D eigenvalue weighted by atomic mass is 10.1. The molecule has 1 saturated carbocycles. The van der Waals surface area contributed by atoms with Gasteiger partial charge in [0.25, 0.3) is 0 Å². The summed E-state index contributed by atoms with van der Waals surface area (Å²) in [5.74, 6) is 0.222. The summed E-state index contributed by atoms with van der Waals surface area (Å²) in [5.41, 5.74) is 0. The summed E-state index contributed by atoms with van der Waals surface area (Å²) >= 11 is 0. The van der Waals surface area contributed by atoms with E-state index in [1.165, 1.54) is 0 Å². The van der Waals surface area contributed by atoms with Gasteiger partial charge in [0.05, 0.1) is 6.10 Å². The van der Waals surface area contributed by atoms with Gasteiger partial charge in [-0.2, -0.15) is 0 Å². The summed E-state index contributed by atoms with van der Waals surface area (Å²) in [7, 11) is 0. The van der Waals surface area contributed by atoms with E-state index in [2.05, 4.69) is 0 Å². The Morgan fingerprint density at radius 2 is 2.22 bits per heavy atom. The van der Waals surface area contributed by atoms with Crippen molar-refractivity contribution in [2.24, 2.45) is 0 Å². The van der Waals surface area contributed by atoms with Crippen LogP contribution in [0.4, 0.5) is 0 Å². The monoisotopic (exact) mass is 128 g/mol. The molecule has 9 heavy (non-hydrogen) atoms. The summed E-state index contributed by atoms with van der Waals surface area (Å²) in [5, 5.41) is 9.04. The van der Waals surface area contributed by atoms with Crippen molar-refractivity contribution in [3.05, 3.63) is 0 Å². The van der Waals surface area contributed by atoms with Crippen LogP contribution in [0.15, 0.2) is 0 Å². The maximum Gasteiger partial charge on any atom is 0.135 e. The van der Waals surface area contributed by atoms with E-state index in [0.717, 1.165) is 19.3 Å². The minimum absolute atomic E-state index is 0.222. The zero-order valence-electron chi connectivity index (χ0n) is 5.47. The molecule has 2 heteroatoms. The number of ketones is 1. The van der Waals surface area contributed by atoms with E-state index in [0.29, 0.717) is 12.8 Å². The highest BCUT2D eigenvalue weighted by Gasteiger charge is 2.13. The van der Waals surface area contributed by atoms with Crippen LogP contribution in [0.1, 0.15) is 32.1 Å². The van der Waals surface area contributed by atoms with Crippen molar-refractivity contribution in [2.45, 2.75) is 38.2 Å². The van der Waals surface area contributed by atoms with Crippen molar-refractivity contribution in [3.63, 3.8) is 0 Å². The molecule has 0 amide bonds. The molecule has 0 saturated heterocycles. The second-order valence-corrected chi connectivity index (χ2v) is 2.64. The molecular formula is C7H12O2. The minimum atomic E-state index is -0.347. The van der Waals surface area contributed by atoms with Crippen LogP contribution in [0.2, 0.25) is 0 Å². The van der Waals surface area contributed by atoms with Gasteiger partial charge in [0.2, 0.25) is 0 Å². The highest BCUT2D eigenvalue weighted by Crippen LogP contribution is 2.13. The van der Waals surface area contributed by atoms with Crippen LogP contribution in [0.5, 0.6) is 0 Å². The Morgan fingerprint density at radius 3 is 3.00 bits per heavy atom. The predicted molar refractivity (Wildman–Crippen MR) is 34.1 cm³/mol. The molecule has 0 aromatic rings. The lowest BCUT2D eigenvalue weighted by Gasteiger charge is -2.01. The van der Waals surface area contributed by atoms with Crippen molar-refractivity contribution in [2.75, 3.05) is 0 Å². The number of carbonyl (C=O) groups excluding carboxylic acids is 1. The molecule has 0 spiro atoms. The average molecular weight is 128 g/mol. The molecule has 1 aliphatic carbocycles. The molecule has 1 aliphatic rings. The lowest BCUT2D eigenvalue weighted by molar-refractivity contribution is -0.120. The van der Waals surface area contributed by atoms with Crippen LogP contribution < -0.4 is 0 Å². The first-order chi connectivity index (χ1) is 4.29. The molecule has 0 radical (unpaired) electrons. The van der Waals surface area contributed by atoms with Gasteiger partial charge in [0, 0.05) is 12.8 Å². The summed E-state index contributed by atoms with van der Waals surface area (Å²) in [6.07, 6.45) is 3.51. The highest BCUT2D eigenvalue weighted by atomic mass is 16.3. The van der Waals surface area contributed by atoms with Gasteiger partial charge in [-0.3, -0.25) is 4.79 Å². The molecule has 0 bridgehead atoms. The fourth-order valence-corrected chi connectivity index (χ4v) is 1.17. The number of aliphatic hydroxyl groups is 1. The predicted octanol–water partition coefficient (Wildman–Crippen LogP) is 0.881. The van der Waals surface area contributed by atoms with E-state index in [-0.39, 0.29) is 11.9 Å². The van der Waals surface area contributed by atoms with Crippen LogP contribution in [-0.2, 0) is 4.79 Å². The first-order valence-electron chi connectivity index (χ1n) is 3.49. The Labute approximate surface area is 54.9 Å². The third kappa shape index (κ3) is 2.14. The lowest BCUT2D eigenvalue weighted by Crippen LogP contribution is -2.08. The molecule has 1 fully saturated rings. The highest BCUT2D eigenvalue weighted by molar-refractivity contribution is 5.79. The van der Waals surface area contributed by atoms with Crippen molar-refractivity contribution in [3.8, 4) is 0 Å². The Kier molecular flexibility index (Phi) is 2.22. The van der Waals surface area contributed by atoms with Crippen LogP contribution in [0.3, 0.4) is 0 Å². The van der Waals surface area contributed by atoms with E-state index in [9.17, 15) is 4.79 Å². The van der Waals surface area contributed by atoms with E-state index in [1.54, 1.807) is 0 Å². The molecule has 1 rings (SSSR count). The van der Waals surface area contributed by atoms with Gasteiger partial charge in [-0.15, -0.1) is 0 Å². The fraction of sp³-hybridized carbons (Fsp3) is 0.857. The Bertz CT molecular complexity index is 109. The summed E-state index contributed by atoms with van der Waals surface area (Å²) in [4.78, 5) is 10.7. The molecule has 0 aromatic heterocycles. The summed E-state index contributed by atoms with van der Waals surface area (Å²) in [6, 6.07) is 0. The van der Waals surface area contributed by atoms with Crippen molar-refractivity contribution in [1.29, 1.82) is 0 Å². The maximum atomic E-state index is 10.7. The van der Waals surface area contributed by atoms with Gasteiger partial charge in [-0.1, -0.05) is 6.42 Å². The fourth-order valence-electron chi connectivity index (χ4n) is 1.17. The van der Waals surface area contributed by atoms with Gasteiger partial charge >= 0.3 is 0 Å². The Morgan fingerprint density at radius 1 is 1.44 bits per heavy atom. The van der Waals surface area contributed by atoms with Gasteiger partial charge in [-0.25, -0.2) is 0 Å².